The van der Waals surface area contributed by atoms with Gasteiger partial charge in [0.1, 0.15) is 5.75 Å². The number of rotatable bonds is 4. The summed E-state index contributed by atoms with van der Waals surface area (Å²) in [7, 11) is 0. The van der Waals surface area contributed by atoms with Crippen LogP contribution >= 0.6 is 0 Å². The number of nitrogens with one attached hydrogen (secondary N) is 2. The first-order valence-electron chi connectivity index (χ1n) is 9.77. The monoisotopic (exact) mass is 343 g/mol. The van der Waals surface area contributed by atoms with Gasteiger partial charge in [-0.05, 0) is 69.1 Å². The van der Waals surface area contributed by atoms with E-state index in [1.807, 2.05) is 6.07 Å². The largest absolute Gasteiger partial charge is 0.508 e. The zero-order valence-corrected chi connectivity index (χ0v) is 15.1. The van der Waals surface area contributed by atoms with Crippen LogP contribution in [-0.4, -0.2) is 35.9 Å². The Labute approximate surface area is 149 Å². The van der Waals surface area contributed by atoms with Crippen LogP contribution < -0.4 is 10.6 Å². The van der Waals surface area contributed by atoms with E-state index in [0.717, 1.165) is 43.8 Å². The van der Waals surface area contributed by atoms with Crippen molar-refractivity contribution < 1.29 is 9.84 Å². The zero-order chi connectivity index (χ0) is 17.2. The van der Waals surface area contributed by atoms with Crippen LogP contribution in [0.15, 0.2) is 17.1 Å². The van der Waals surface area contributed by atoms with Gasteiger partial charge in [-0.3, -0.25) is 0 Å². The summed E-state index contributed by atoms with van der Waals surface area (Å²) in [5.41, 5.74) is 3.70. The lowest BCUT2D eigenvalue weighted by Gasteiger charge is -2.23. The number of guanidine groups is 1. The van der Waals surface area contributed by atoms with Crippen molar-refractivity contribution in [2.45, 2.75) is 76.7 Å². The van der Waals surface area contributed by atoms with E-state index in [4.69, 9.17) is 9.73 Å². The molecule has 0 amide bonds. The summed E-state index contributed by atoms with van der Waals surface area (Å²) in [6, 6.07) is 4.27. The molecule has 0 radical (unpaired) electrons. The summed E-state index contributed by atoms with van der Waals surface area (Å²) in [5, 5.41) is 17.2. The Morgan fingerprint density at radius 1 is 1.28 bits per heavy atom. The number of ether oxygens (including phenoxy) is 1. The molecule has 0 aromatic heterocycles. The molecule has 2 heterocycles. The summed E-state index contributed by atoms with van der Waals surface area (Å²) in [6.07, 6.45) is 8.78. The van der Waals surface area contributed by atoms with Crippen molar-refractivity contribution in [3.8, 4) is 5.75 Å². The minimum absolute atomic E-state index is 0.326. The molecule has 136 valence electrons. The maximum atomic E-state index is 10.3. The van der Waals surface area contributed by atoms with Crippen LogP contribution in [0.1, 0.15) is 55.7 Å². The number of phenols is 1. The Kier molecular flexibility index (Phi) is 4.84. The van der Waals surface area contributed by atoms with Gasteiger partial charge in [-0.2, -0.15) is 0 Å². The third kappa shape index (κ3) is 3.47. The molecule has 5 heteroatoms. The summed E-state index contributed by atoms with van der Waals surface area (Å²) in [4.78, 5) is 4.78. The van der Waals surface area contributed by atoms with E-state index in [0.29, 0.717) is 30.5 Å². The summed E-state index contributed by atoms with van der Waals surface area (Å²) in [6.45, 7) is 3.43. The number of benzene rings is 1. The summed E-state index contributed by atoms with van der Waals surface area (Å²) in [5.74, 6) is 1.21. The topological polar surface area (TPSA) is 65.9 Å². The van der Waals surface area contributed by atoms with Gasteiger partial charge in [0.05, 0.1) is 24.8 Å². The third-order valence-corrected chi connectivity index (χ3v) is 5.79. The highest BCUT2D eigenvalue weighted by molar-refractivity contribution is 5.80. The number of aliphatic imine (C=N–C) groups is 1. The fraction of sp³-hybridized carbons (Fsp3) is 0.650. The molecule has 1 aromatic rings. The molecule has 2 fully saturated rings. The van der Waals surface area contributed by atoms with E-state index in [1.54, 1.807) is 0 Å². The second-order valence-corrected chi connectivity index (χ2v) is 7.46. The van der Waals surface area contributed by atoms with Crippen LogP contribution in [0, 0.1) is 0 Å². The molecule has 3 N–H and O–H groups in total. The van der Waals surface area contributed by atoms with Gasteiger partial charge in [0.25, 0.3) is 0 Å². The molecule has 5 nitrogen and oxygen atoms in total. The van der Waals surface area contributed by atoms with Crippen LogP contribution in [0.25, 0.3) is 0 Å². The molecule has 0 spiro atoms. The average Bonchev–Trinajstić information content (AvgIpc) is 3.24. The normalized spacial score (nSPS) is 28.0. The highest BCUT2D eigenvalue weighted by Gasteiger charge is 2.41. The number of nitrogens with zero attached hydrogens (tertiary/aromatic N) is 1. The second kappa shape index (κ2) is 7.24. The first kappa shape index (κ1) is 16.7. The van der Waals surface area contributed by atoms with E-state index in [1.165, 1.54) is 30.4 Å². The molecule has 2 saturated heterocycles. The van der Waals surface area contributed by atoms with Crippen molar-refractivity contribution in [1.82, 2.24) is 10.6 Å². The zero-order valence-electron chi connectivity index (χ0n) is 15.1. The van der Waals surface area contributed by atoms with Gasteiger partial charge in [-0.25, -0.2) is 4.99 Å². The van der Waals surface area contributed by atoms with Crippen LogP contribution in [0.5, 0.6) is 5.75 Å². The van der Waals surface area contributed by atoms with E-state index >= 15 is 0 Å². The number of phenolic OH excluding ortho intramolecular Hbond substituents is 1. The van der Waals surface area contributed by atoms with E-state index in [2.05, 4.69) is 23.6 Å². The molecule has 1 aliphatic carbocycles. The Balaban J connectivity index is 1.50. The van der Waals surface area contributed by atoms with E-state index in [-0.39, 0.29) is 0 Å². The standard InChI is InChI=1S/C20H29N3O2/c1-2-21-20(23-17-11-14-8-10-19(17)25-14)22-12-16-15-6-4-3-5-13(15)7-9-18(16)24/h7,9,14,17,19,24H,2-6,8,10-12H2,1H3,(H2,21,22,23). The molecule has 3 aliphatic rings. The molecular formula is C20H29N3O2. The van der Waals surface area contributed by atoms with Crippen molar-refractivity contribution in [2.75, 3.05) is 6.54 Å². The first-order chi connectivity index (χ1) is 12.2. The van der Waals surface area contributed by atoms with Crippen molar-refractivity contribution in [2.24, 2.45) is 4.99 Å². The maximum Gasteiger partial charge on any atom is 0.191 e. The molecule has 25 heavy (non-hydrogen) atoms. The Bertz CT molecular complexity index is 659. The highest BCUT2D eigenvalue weighted by atomic mass is 16.5. The quantitative estimate of drug-likeness (QED) is 0.581. The molecule has 3 atom stereocenters. The minimum Gasteiger partial charge on any atom is -0.508 e. The summed E-state index contributed by atoms with van der Waals surface area (Å²) >= 11 is 0. The Morgan fingerprint density at radius 2 is 2.16 bits per heavy atom. The summed E-state index contributed by atoms with van der Waals surface area (Å²) < 4.78 is 5.93. The Morgan fingerprint density at radius 3 is 2.92 bits per heavy atom. The number of aromatic hydroxyl groups is 1. The molecule has 2 bridgehead atoms. The molecule has 0 saturated carbocycles. The number of aryl methyl sites for hydroxylation is 1. The van der Waals surface area contributed by atoms with E-state index in [9.17, 15) is 5.11 Å². The highest BCUT2D eigenvalue weighted by Crippen LogP contribution is 2.34. The number of hydrogen-bond donors (Lipinski definition) is 3. The fourth-order valence-corrected chi connectivity index (χ4v) is 4.51. The van der Waals surface area contributed by atoms with Gasteiger partial charge in [0, 0.05) is 12.1 Å². The van der Waals surface area contributed by atoms with Gasteiger partial charge in [-0.15, -0.1) is 0 Å². The van der Waals surface area contributed by atoms with Crippen LogP contribution in [0.2, 0.25) is 0 Å². The van der Waals surface area contributed by atoms with Gasteiger partial charge in [-0.1, -0.05) is 6.07 Å². The predicted octanol–water partition coefficient (Wildman–Crippen LogP) is 2.65. The van der Waals surface area contributed by atoms with Crippen LogP contribution in [0.3, 0.4) is 0 Å². The smallest absolute Gasteiger partial charge is 0.191 e. The van der Waals surface area contributed by atoms with Crippen LogP contribution in [-0.2, 0) is 24.1 Å². The van der Waals surface area contributed by atoms with Gasteiger partial charge in [0.2, 0.25) is 0 Å². The number of hydrogen-bond acceptors (Lipinski definition) is 3. The van der Waals surface area contributed by atoms with E-state index < -0.39 is 0 Å². The first-order valence-corrected chi connectivity index (χ1v) is 9.77. The van der Waals surface area contributed by atoms with Crippen molar-refractivity contribution in [1.29, 1.82) is 0 Å². The molecular weight excluding hydrogens is 314 g/mol. The third-order valence-electron chi connectivity index (χ3n) is 5.79. The van der Waals surface area contributed by atoms with Gasteiger partial charge >= 0.3 is 0 Å². The van der Waals surface area contributed by atoms with Crippen LogP contribution in [0.4, 0.5) is 0 Å². The predicted molar refractivity (Wildman–Crippen MR) is 99.0 cm³/mol. The lowest BCUT2D eigenvalue weighted by molar-refractivity contribution is 0.0992. The second-order valence-electron chi connectivity index (χ2n) is 7.46. The van der Waals surface area contributed by atoms with Crippen molar-refractivity contribution >= 4 is 5.96 Å². The lowest BCUT2D eigenvalue weighted by Crippen LogP contribution is -2.47. The maximum absolute atomic E-state index is 10.3. The SMILES string of the molecule is CCNC(=NCc1c(O)ccc2c1CCCC2)NC1CC2CCC1O2. The molecule has 1 aromatic carbocycles. The molecule has 2 aliphatic heterocycles. The van der Waals surface area contributed by atoms with Gasteiger partial charge in [0.15, 0.2) is 5.96 Å². The average molecular weight is 343 g/mol. The van der Waals surface area contributed by atoms with Gasteiger partial charge < -0.3 is 20.5 Å². The molecule has 3 unspecified atom stereocenters. The Hall–Kier alpha value is -1.75. The fourth-order valence-electron chi connectivity index (χ4n) is 4.51. The van der Waals surface area contributed by atoms with Crippen molar-refractivity contribution in [3.05, 3.63) is 28.8 Å². The van der Waals surface area contributed by atoms with Crippen molar-refractivity contribution in [3.63, 3.8) is 0 Å². The lowest BCUT2D eigenvalue weighted by atomic mass is 9.88. The minimum atomic E-state index is 0.326. The molecule has 4 rings (SSSR count). The number of fused-ring (bicyclic) bond motifs is 3.